The summed E-state index contributed by atoms with van der Waals surface area (Å²) < 4.78 is 0. The van der Waals surface area contributed by atoms with Crippen molar-refractivity contribution in [2.75, 3.05) is 26.0 Å². The minimum Gasteiger partial charge on any atom is -0.361 e. The Labute approximate surface area is 142 Å². The number of nitrogens with one attached hydrogen (secondary N) is 2. The molecule has 1 atom stereocenters. The Morgan fingerprint density at radius 1 is 1.09 bits per heavy atom. The van der Waals surface area contributed by atoms with E-state index in [-0.39, 0.29) is 6.04 Å². The summed E-state index contributed by atoms with van der Waals surface area (Å²) in [6.45, 7) is 0.733. The lowest BCUT2D eigenvalue weighted by atomic mass is 10.1. The normalized spacial score (nSPS) is 12.0. The third-order valence-corrected chi connectivity index (χ3v) is 3.86. The zero-order chi connectivity index (χ0) is 15.9. The molecule has 0 aliphatic heterocycles. The molecule has 22 heavy (non-hydrogen) atoms. The predicted molar refractivity (Wildman–Crippen MR) is 98.5 cm³/mol. The summed E-state index contributed by atoms with van der Waals surface area (Å²) in [5.74, 6) is 0. The average Bonchev–Trinajstić information content (AvgIpc) is 2.50. The lowest BCUT2D eigenvalue weighted by molar-refractivity contribution is 0.299. The Kier molecular flexibility index (Phi) is 6.19. The number of anilines is 1. The van der Waals surface area contributed by atoms with Crippen LogP contribution < -0.4 is 10.6 Å². The molecule has 2 rings (SSSR count). The number of hydrogen-bond donors (Lipinski definition) is 2. The first kappa shape index (κ1) is 16.7. The second kappa shape index (κ2) is 8.13. The molecular weight excluding hydrogens is 314 g/mol. The smallest absolute Gasteiger partial charge is 0.170 e. The minimum atomic E-state index is 0.256. The van der Waals surface area contributed by atoms with E-state index in [4.69, 9.17) is 23.8 Å². The van der Waals surface area contributed by atoms with Crippen LogP contribution in [0.25, 0.3) is 0 Å². The first-order valence-electron chi connectivity index (χ1n) is 7.08. The van der Waals surface area contributed by atoms with Gasteiger partial charge in [-0.1, -0.05) is 41.9 Å². The van der Waals surface area contributed by atoms with Gasteiger partial charge in [-0.3, -0.25) is 0 Å². The van der Waals surface area contributed by atoms with Crippen LogP contribution in [0.5, 0.6) is 0 Å². The highest BCUT2D eigenvalue weighted by Crippen LogP contribution is 2.17. The van der Waals surface area contributed by atoms with Crippen LogP contribution in [0.2, 0.25) is 5.02 Å². The van der Waals surface area contributed by atoms with E-state index in [1.54, 1.807) is 0 Å². The van der Waals surface area contributed by atoms with Gasteiger partial charge in [0, 0.05) is 17.3 Å². The lowest BCUT2D eigenvalue weighted by Gasteiger charge is -2.25. The van der Waals surface area contributed by atoms with Gasteiger partial charge in [-0.25, -0.2) is 0 Å². The molecule has 2 aromatic rings. The maximum absolute atomic E-state index is 5.87. The van der Waals surface area contributed by atoms with Crippen molar-refractivity contribution in [3.63, 3.8) is 0 Å². The van der Waals surface area contributed by atoms with Crippen molar-refractivity contribution in [2.24, 2.45) is 0 Å². The standard InChI is InChI=1S/C17H20ClN3S/c1-21(2)16(13-6-4-3-5-7-13)12-19-17(22)20-15-10-8-14(18)9-11-15/h3-11,16H,12H2,1-2H3,(H2,19,20,22)/t16-/m0/s1. The van der Waals surface area contributed by atoms with E-state index in [0.29, 0.717) is 10.1 Å². The van der Waals surface area contributed by atoms with Crippen LogP contribution >= 0.6 is 23.8 Å². The Morgan fingerprint density at radius 2 is 1.73 bits per heavy atom. The number of halogens is 1. The zero-order valence-electron chi connectivity index (χ0n) is 12.7. The van der Waals surface area contributed by atoms with Crippen LogP contribution in [-0.4, -0.2) is 30.7 Å². The fraction of sp³-hybridized carbons (Fsp3) is 0.235. The van der Waals surface area contributed by atoms with Crippen molar-refractivity contribution >= 4 is 34.6 Å². The molecule has 0 bridgehead atoms. The van der Waals surface area contributed by atoms with Gasteiger partial charge in [0.15, 0.2) is 5.11 Å². The fourth-order valence-electron chi connectivity index (χ4n) is 2.17. The highest BCUT2D eigenvalue weighted by molar-refractivity contribution is 7.80. The SMILES string of the molecule is CN(C)[C@@H](CNC(=S)Nc1ccc(Cl)cc1)c1ccccc1. The highest BCUT2D eigenvalue weighted by Gasteiger charge is 2.13. The van der Waals surface area contributed by atoms with Crippen molar-refractivity contribution in [1.82, 2.24) is 10.2 Å². The largest absolute Gasteiger partial charge is 0.361 e. The summed E-state index contributed by atoms with van der Waals surface area (Å²) >= 11 is 11.2. The molecule has 5 heteroatoms. The fourth-order valence-corrected chi connectivity index (χ4v) is 2.50. The van der Waals surface area contributed by atoms with E-state index >= 15 is 0 Å². The summed E-state index contributed by atoms with van der Waals surface area (Å²) in [6.07, 6.45) is 0. The van der Waals surface area contributed by atoms with E-state index in [1.165, 1.54) is 5.56 Å². The highest BCUT2D eigenvalue weighted by atomic mass is 35.5. The Bertz CT molecular complexity index is 599. The summed E-state index contributed by atoms with van der Waals surface area (Å²) in [5, 5.41) is 7.74. The van der Waals surface area contributed by atoms with Gasteiger partial charge >= 0.3 is 0 Å². The molecule has 0 saturated carbocycles. The van der Waals surface area contributed by atoms with E-state index < -0.39 is 0 Å². The first-order chi connectivity index (χ1) is 10.6. The lowest BCUT2D eigenvalue weighted by Crippen LogP contribution is -2.36. The molecule has 0 amide bonds. The third-order valence-electron chi connectivity index (χ3n) is 3.37. The molecule has 2 aromatic carbocycles. The zero-order valence-corrected chi connectivity index (χ0v) is 14.3. The van der Waals surface area contributed by atoms with E-state index in [0.717, 1.165) is 12.2 Å². The second-order valence-electron chi connectivity index (χ2n) is 5.23. The number of hydrogen-bond acceptors (Lipinski definition) is 2. The van der Waals surface area contributed by atoms with Crippen LogP contribution in [0.15, 0.2) is 54.6 Å². The summed E-state index contributed by atoms with van der Waals surface area (Å²) in [4.78, 5) is 2.17. The molecule has 0 spiro atoms. The quantitative estimate of drug-likeness (QED) is 0.811. The van der Waals surface area contributed by atoms with Gasteiger partial charge in [0.05, 0.1) is 6.04 Å². The number of thiocarbonyl (C=S) groups is 1. The van der Waals surface area contributed by atoms with E-state index in [2.05, 4.69) is 53.9 Å². The van der Waals surface area contributed by atoms with Crippen molar-refractivity contribution in [2.45, 2.75) is 6.04 Å². The summed E-state index contributed by atoms with van der Waals surface area (Å²) in [7, 11) is 4.13. The van der Waals surface area contributed by atoms with E-state index in [1.807, 2.05) is 30.3 Å². The molecule has 0 fully saturated rings. The second-order valence-corrected chi connectivity index (χ2v) is 6.08. The van der Waals surface area contributed by atoms with Crippen LogP contribution in [0.3, 0.4) is 0 Å². The summed E-state index contributed by atoms with van der Waals surface area (Å²) in [5.41, 5.74) is 2.18. The van der Waals surface area contributed by atoms with Gasteiger partial charge in [-0.2, -0.15) is 0 Å². The maximum atomic E-state index is 5.87. The minimum absolute atomic E-state index is 0.256. The molecule has 0 aliphatic carbocycles. The number of likely N-dealkylation sites (N-methyl/N-ethyl adjacent to an activating group) is 1. The van der Waals surface area contributed by atoms with Gasteiger partial charge in [0.25, 0.3) is 0 Å². The molecule has 3 nitrogen and oxygen atoms in total. The number of rotatable bonds is 5. The third kappa shape index (κ3) is 4.98. The van der Waals surface area contributed by atoms with E-state index in [9.17, 15) is 0 Å². The maximum Gasteiger partial charge on any atom is 0.170 e. The van der Waals surface area contributed by atoms with Gasteiger partial charge in [-0.15, -0.1) is 0 Å². The molecule has 0 aromatic heterocycles. The Hall–Kier alpha value is -1.62. The van der Waals surface area contributed by atoms with Crippen molar-refractivity contribution in [3.8, 4) is 0 Å². The van der Waals surface area contributed by atoms with Crippen LogP contribution in [-0.2, 0) is 0 Å². The molecule has 0 unspecified atom stereocenters. The van der Waals surface area contributed by atoms with Crippen LogP contribution in [0.4, 0.5) is 5.69 Å². The molecule has 0 saturated heterocycles. The average molecular weight is 334 g/mol. The summed E-state index contributed by atoms with van der Waals surface area (Å²) in [6, 6.07) is 18.1. The molecule has 2 N–H and O–H groups in total. The topological polar surface area (TPSA) is 27.3 Å². The number of nitrogens with zero attached hydrogens (tertiary/aromatic N) is 1. The van der Waals surface area contributed by atoms with Crippen LogP contribution in [0, 0.1) is 0 Å². The first-order valence-corrected chi connectivity index (χ1v) is 7.86. The monoisotopic (exact) mass is 333 g/mol. The van der Waals surface area contributed by atoms with Gasteiger partial charge in [0.1, 0.15) is 0 Å². The number of benzene rings is 2. The Balaban J connectivity index is 1.92. The molecule has 0 aliphatic rings. The Morgan fingerprint density at radius 3 is 2.32 bits per heavy atom. The molecule has 116 valence electrons. The predicted octanol–water partition coefficient (Wildman–Crippen LogP) is 3.93. The molecule has 0 heterocycles. The van der Waals surface area contributed by atoms with Crippen LogP contribution in [0.1, 0.15) is 11.6 Å². The van der Waals surface area contributed by atoms with Gasteiger partial charge in [-0.05, 0) is 56.1 Å². The van der Waals surface area contributed by atoms with Crippen molar-refractivity contribution in [1.29, 1.82) is 0 Å². The van der Waals surface area contributed by atoms with Gasteiger partial charge < -0.3 is 15.5 Å². The van der Waals surface area contributed by atoms with Crippen molar-refractivity contribution < 1.29 is 0 Å². The molecule has 0 radical (unpaired) electrons. The molecular formula is C17H20ClN3S. The van der Waals surface area contributed by atoms with Gasteiger partial charge in [0.2, 0.25) is 0 Å². The van der Waals surface area contributed by atoms with Crippen molar-refractivity contribution in [3.05, 3.63) is 65.2 Å².